The highest BCUT2D eigenvalue weighted by Gasteiger charge is 2.20. The van der Waals surface area contributed by atoms with Crippen LogP contribution in [0.4, 0.5) is 4.79 Å². The Labute approximate surface area is 148 Å². The molecule has 2 aromatic carbocycles. The summed E-state index contributed by atoms with van der Waals surface area (Å²) in [5.74, 6) is 0. The molecule has 25 heavy (non-hydrogen) atoms. The van der Waals surface area contributed by atoms with Gasteiger partial charge in [-0.15, -0.1) is 0 Å². The van der Waals surface area contributed by atoms with Crippen molar-refractivity contribution in [2.75, 3.05) is 6.54 Å². The average Bonchev–Trinajstić information content (AvgIpc) is 2.62. The van der Waals surface area contributed by atoms with Gasteiger partial charge in [-0.2, -0.15) is 0 Å². The van der Waals surface area contributed by atoms with Gasteiger partial charge in [-0.25, -0.2) is 4.79 Å². The number of nitrogens with one attached hydrogen (secondary N) is 1. The SMILES string of the molecule is Cc1ccc(C)c(C(O)C(O)CCNC(=O)OCc2ccccc2)c1. The second kappa shape index (κ2) is 9.20. The molecule has 0 aliphatic heterocycles. The number of rotatable bonds is 7. The molecule has 0 bridgehead atoms. The lowest BCUT2D eigenvalue weighted by Gasteiger charge is -2.20. The summed E-state index contributed by atoms with van der Waals surface area (Å²) in [6.07, 6.45) is -2.26. The van der Waals surface area contributed by atoms with Crippen molar-refractivity contribution in [1.29, 1.82) is 0 Å². The van der Waals surface area contributed by atoms with Gasteiger partial charge in [-0.3, -0.25) is 0 Å². The van der Waals surface area contributed by atoms with Crippen molar-refractivity contribution in [2.24, 2.45) is 0 Å². The number of carbonyl (C=O) groups excluding carboxylic acids is 1. The number of benzene rings is 2. The van der Waals surface area contributed by atoms with Crippen LogP contribution in [-0.4, -0.2) is 29.0 Å². The summed E-state index contributed by atoms with van der Waals surface area (Å²) in [7, 11) is 0. The van der Waals surface area contributed by atoms with E-state index < -0.39 is 18.3 Å². The lowest BCUT2D eigenvalue weighted by atomic mass is 9.96. The number of ether oxygens (including phenoxy) is 1. The third-order valence-corrected chi connectivity index (χ3v) is 4.04. The fourth-order valence-corrected chi connectivity index (χ4v) is 2.54. The van der Waals surface area contributed by atoms with Gasteiger partial charge in [0.25, 0.3) is 0 Å². The van der Waals surface area contributed by atoms with E-state index in [9.17, 15) is 15.0 Å². The van der Waals surface area contributed by atoms with Gasteiger partial charge >= 0.3 is 6.09 Å². The first-order chi connectivity index (χ1) is 12.0. The Bertz CT molecular complexity index is 687. The number of aryl methyl sites for hydroxylation is 2. The van der Waals surface area contributed by atoms with Gasteiger partial charge in [0.1, 0.15) is 12.7 Å². The summed E-state index contributed by atoms with van der Waals surface area (Å²) < 4.78 is 5.10. The molecule has 2 rings (SSSR count). The van der Waals surface area contributed by atoms with Crippen molar-refractivity contribution >= 4 is 6.09 Å². The standard InChI is InChI=1S/C20H25NO4/c1-14-8-9-15(2)17(12-14)19(23)18(22)10-11-21-20(24)25-13-16-6-4-3-5-7-16/h3-9,12,18-19,22-23H,10-11,13H2,1-2H3,(H,21,24). The van der Waals surface area contributed by atoms with Crippen LogP contribution in [0.3, 0.4) is 0 Å². The normalized spacial score (nSPS) is 13.1. The van der Waals surface area contributed by atoms with Gasteiger partial charge < -0.3 is 20.3 Å². The number of aliphatic hydroxyl groups excluding tert-OH is 2. The highest BCUT2D eigenvalue weighted by atomic mass is 16.5. The lowest BCUT2D eigenvalue weighted by molar-refractivity contribution is 0.0132. The first-order valence-corrected chi connectivity index (χ1v) is 8.35. The van der Waals surface area contributed by atoms with Gasteiger partial charge in [0.2, 0.25) is 0 Å². The van der Waals surface area contributed by atoms with Crippen LogP contribution in [0.1, 0.15) is 34.8 Å². The Morgan fingerprint density at radius 3 is 2.56 bits per heavy atom. The average molecular weight is 343 g/mol. The van der Waals surface area contributed by atoms with Crippen LogP contribution in [0.5, 0.6) is 0 Å². The third-order valence-electron chi connectivity index (χ3n) is 4.04. The van der Waals surface area contributed by atoms with E-state index in [-0.39, 0.29) is 19.6 Å². The van der Waals surface area contributed by atoms with E-state index in [1.807, 2.05) is 62.4 Å². The maximum absolute atomic E-state index is 11.7. The van der Waals surface area contributed by atoms with Crippen molar-refractivity contribution in [1.82, 2.24) is 5.32 Å². The zero-order chi connectivity index (χ0) is 18.2. The van der Waals surface area contributed by atoms with Gasteiger partial charge in [0, 0.05) is 6.54 Å². The van der Waals surface area contributed by atoms with E-state index in [0.29, 0.717) is 5.56 Å². The van der Waals surface area contributed by atoms with Gasteiger partial charge in [0.15, 0.2) is 0 Å². The van der Waals surface area contributed by atoms with Crippen molar-refractivity contribution in [3.05, 3.63) is 70.8 Å². The maximum Gasteiger partial charge on any atom is 0.407 e. The molecule has 0 aliphatic rings. The Morgan fingerprint density at radius 2 is 1.84 bits per heavy atom. The zero-order valence-electron chi connectivity index (χ0n) is 14.6. The van der Waals surface area contributed by atoms with Crippen molar-refractivity contribution in [2.45, 2.75) is 39.1 Å². The summed E-state index contributed by atoms with van der Waals surface area (Å²) in [5.41, 5.74) is 3.56. The first-order valence-electron chi connectivity index (χ1n) is 8.35. The molecule has 0 aromatic heterocycles. The molecule has 134 valence electrons. The van der Waals surface area contributed by atoms with E-state index in [1.165, 1.54) is 0 Å². The fourth-order valence-electron chi connectivity index (χ4n) is 2.54. The lowest BCUT2D eigenvalue weighted by Crippen LogP contribution is -2.30. The molecule has 0 saturated heterocycles. The largest absolute Gasteiger partial charge is 0.445 e. The third kappa shape index (κ3) is 5.89. The summed E-state index contributed by atoms with van der Waals surface area (Å²) in [4.78, 5) is 11.7. The molecule has 0 heterocycles. The molecular weight excluding hydrogens is 318 g/mol. The molecule has 0 aliphatic carbocycles. The Kier molecular flexibility index (Phi) is 6.98. The van der Waals surface area contributed by atoms with Crippen LogP contribution in [0.15, 0.2) is 48.5 Å². The van der Waals surface area contributed by atoms with Gasteiger partial charge in [-0.1, -0.05) is 54.1 Å². The number of amides is 1. The van der Waals surface area contributed by atoms with Crippen LogP contribution in [0.2, 0.25) is 0 Å². The van der Waals surface area contributed by atoms with E-state index in [2.05, 4.69) is 5.32 Å². The number of hydrogen-bond acceptors (Lipinski definition) is 4. The molecule has 0 saturated carbocycles. The van der Waals surface area contributed by atoms with Crippen LogP contribution < -0.4 is 5.32 Å². The topological polar surface area (TPSA) is 78.8 Å². The molecule has 0 fully saturated rings. The minimum Gasteiger partial charge on any atom is -0.445 e. The quantitative estimate of drug-likeness (QED) is 0.722. The van der Waals surface area contributed by atoms with Crippen LogP contribution in [-0.2, 0) is 11.3 Å². The highest BCUT2D eigenvalue weighted by molar-refractivity contribution is 5.67. The highest BCUT2D eigenvalue weighted by Crippen LogP contribution is 2.23. The molecule has 2 aromatic rings. The Balaban J connectivity index is 1.75. The number of alkyl carbamates (subject to hydrolysis) is 1. The maximum atomic E-state index is 11.7. The monoisotopic (exact) mass is 343 g/mol. The van der Waals surface area contributed by atoms with Crippen molar-refractivity contribution in [3.63, 3.8) is 0 Å². The molecule has 3 N–H and O–H groups in total. The molecule has 0 spiro atoms. The van der Waals surface area contributed by atoms with E-state index in [0.717, 1.165) is 16.7 Å². The predicted octanol–water partition coefficient (Wildman–Crippen LogP) is 3.01. The molecular formula is C20H25NO4. The molecule has 5 nitrogen and oxygen atoms in total. The number of carbonyl (C=O) groups is 1. The first kappa shape index (κ1) is 19.0. The Hall–Kier alpha value is -2.37. The van der Waals surface area contributed by atoms with E-state index in [1.54, 1.807) is 0 Å². The van der Waals surface area contributed by atoms with Crippen molar-refractivity contribution < 1.29 is 19.7 Å². The molecule has 5 heteroatoms. The summed E-state index contributed by atoms with van der Waals surface area (Å²) in [5, 5.41) is 23.1. The molecule has 2 atom stereocenters. The van der Waals surface area contributed by atoms with Gasteiger partial charge in [-0.05, 0) is 37.0 Å². The zero-order valence-corrected chi connectivity index (χ0v) is 14.6. The Morgan fingerprint density at radius 1 is 1.12 bits per heavy atom. The second-order valence-electron chi connectivity index (χ2n) is 6.15. The summed E-state index contributed by atoms with van der Waals surface area (Å²) in [6.45, 7) is 4.24. The van der Waals surface area contributed by atoms with Crippen molar-refractivity contribution in [3.8, 4) is 0 Å². The minimum atomic E-state index is -0.984. The van der Waals surface area contributed by atoms with Crippen LogP contribution in [0.25, 0.3) is 0 Å². The molecule has 2 unspecified atom stereocenters. The number of aliphatic hydroxyl groups is 2. The van der Waals surface area contributed by atoms with Crippen LogP contribution >= 0.6 is 0 Å². The van der Waals surface area contributed by atoms with Crippen LogP contribution in [0, 0.1) is 13.8 Å². The molecule has 0 radical (unpaired) electrons. The fraction of sp³-hybridized carbons (Fsp3) is 0.350. The predicted molar refractivity (Wildman–Crippen MR) is 96.1 cm³/mol. The summed E-state index contributed by atoms with van der Waals surface area (Å²) in [6, 6.07) is 15.1. The van der Waals surface area contributed by atoms with E-state index in [4.69, 9.17) is 4.74 Å². The van der Waals surface area contributed by atoms with E-state index >= 15 is 0 Å². The van der Waals surface area contributed by atoms with Gasteiger partial charge in [0.05, 0.1) is 6.10 Å². The smallest absolute Gasteiger partial charge is 0.407 e. The minimum absolute atomic E-state index is 0.195. The second-order valence-corrected chi connectivity index (χ2v) is 6.15. The molecule has 1 amide bonds. The summed E-state index contributed by atoms with van der Waals surface area (Å²) >= 11 is 0. The number of hydrogen-bond donors (Lipinski definition) is 3.